The first-order valence-corrected chi connectivity index (χ1v) is 11.9. The van der Waals surface area contributed by atoms with E-state index in [-0.39, 0.29) is 5.91 Å². The highest BCUT2D eigenvalue weighted by molar-refractivity contribution is 7.21. The van der Waals surface area contributed by atoms with Crippen LogP contribution < -0.4 is 10.1 Å². The van der Waals surface area contributed by atoms with Crippen LogP contribution in [0.2, 0.25) is 5.02 Å². The molecular formula is C25H31ClN2O2S. The topological polar surface area (TPSA) is 41.6 Å². The summed E-state index contributed by atoms with van der Waals surface area (Å²) in [6, 6.07) is 14.6. The summed E-state index contributed by atoms with van der Waals surface area (Å²) < 4.78 is 6.56. The summed E-state index contributed by atoms with van der Waals surface area (Å²) in [6.45, 7) is 9.95. The zero-order valence-electron chi connectivity index (χ0n) is 18.9. The molecule has 0 bridgehead atoms. The Bertz CT molecular complexity index is 1040. The zero-order valence-corrected chi connectivity index (χ0v) is 20.4. The van der Waals surface area contributed by atoms with Crippen molar-refractivity contribution in [2.24, 2.45) is 0 Å². The van der Waals surface area contributed by atoms with Crippen LogP contribution in [0.25, 0.3) is 10.1 Å². The van der Waals surface area contributed by atoms with Gasteiger partial charge in [-0.15, -0.1) is 11.3 Å². The van der Waals surface area contributed by atoms with Crippen LogP contribution in [-0.4, -0.2) is 36.5 Å². The standard InChI is InChI=1S/C25H31ClN2O2S/c1-16(2)28(17(3)4)14-8-9-18-15-19(12-13-21(18)30-5)27-25(29)24-23(26)20-10-6-7-11-22(20)31-24/h6-7,10-13,15-17H,8-9,14H2,1-5H3,(H,27,29). The van der Waals surface area contributed by atoms with Gasteiger partial charge < -0.3 is 10.1 Å². The van der Waals surface area contributed by atoms with Crippen LogP contribution in [0.5, 0.6) is 5.75 Å². The highest BCUT2D eigenvalue weighted by atomic mass is 35.5. The Kier molecular flexibility index (Phi) is 7.98. The minimum Gasteiger partial charge on any atom is -0.496 e. The molecule has 3 aromatic rings. The quantitative estimate of drug-likeness (QED) is 0.380. The largest absolute Gasteiger partial charge is 0.496 e. The molecule has 0 saturated carbocycles. The second-order valence-electron chi connectivity index (χ2n) is 8.25. The number of benzene rings is 2. The van der Waals surface area contributed by atoms with E-state index < -0.39 is 0 Å². The first kappa shape index (κ1) is 23.6. The molecule has 0 saturated heterocycles. The van der Waals surface area contributed by atoms with Gasteiger partial charge in [-0.05, 0) is 76.9 Å². The molecule has 0 aliphatic carbocycles. The van der Waals surface area contributed by atoms with Gasteiger partial charge in [-0.3, -0.25) is 9.69 Å². The predicted molar refractivity (Wildman–Crippen MR) is 133 cm³/mol. The molecule has 0 radical (unpaired) electrons. The number of carbonyl (C=O) groups is 1. The second-order valence-corrected chi connectivity index (χ2v) is 9.68. The second kappa shape index (κ2) is 10.5. The SMILES string of the molecule is COc1ccc(NC(=O)c2sc3ccccc3c2Cl)cc1CCCN(C(C)C)C(C)C. The molecule has 2 aromatic carbocycles. The van der Waals surface area contributed by atoms with Gasteiger partial charge in [0.15, 0.2) is 0 Å². The van der Waals surface area contributed by atoms with E-state index in [4.69, 9.17) is 16.3 Å². The fourth-order valence-electron chi connectivity index (χ4n) is 3.96. The molecule has 3 rings (SSSR count). The first-order chi connectivity index (χ1) is 14.8. The number of thiophene rings is 1. The number of halogens is 1. The van der Waals surface area contributed by atoms with Crippen LogP contribution in [0.3, 0.4) is 0 Å². The molecule has 4 nitrogen and oxygen atoms in total. The van der Waals surface area contributed by atoms with E-state index >= 15 is 0 Å². The van der Waals surface area contributed by atoms with Gasteiger partial charge in [0.25, 0.3) is 5.91 Å². The lowest BCUT2D eigenvalue weighted by atomic mass is 10.1. The van der Waals surface area contributed by atoms with Crippen molar-refractivity contribution in [2.75, 3.05) is 19.0 Å². The van der Waals surface area contributed by atoms with E-state index in [1.165, 1.54) is 11.3 Å². The highest BCUT2D eigenvalue weighted by Gasteiger charge is 2.18. The Hall–Kier alpha value is -2.08. The third kappa shape index (κ3) is 5.59. The van der Waals surface area contributed by atoms with Crippen LogP contribution in [0.15, 0.2) is 42.5 Å². The molecule has 6 heteroatoms. The van der Waals surface area contributed by atoms with Gasteiger partial charge in [0.1, 0.15) is 10.6 Å². The van der Waals surface area contributed by atoms with Gasteiger partial charge in [0.2, 0.25) is 0 Å². The van der Waals surface area contributed by atoms with Crippen molar-refractivity contribution in [1.82, 2.24) is 4.90 Å². The highest BCUT2D eigenvalue weighted by Crippen LogP contribution is 2.35. The van der Waals surface area contributed by atoms with Gasteiger partial charge in [-0.1, -0.05) is 29.8 Å². The third-order valence-electron chi connectivity index (χ3n) is 5.47. The van der Waals surface area contributed by atoms with Gasteiger partial charge >= 0.3 is 0 Å². The van der Waals surface area contributed by atoms with E-state index in [2.05, 4.69) is 37.9 Å². The summed E-state index contributed by atoms with van der Waals surface area (Å²) in [6.07, 6.45) is 1.90. The van der Waals surface area contributed by atoms with E-state index in [0.717, 1.165) is 46.5 Å². The van der Waals surface area contributed by atoms with Crippen LogP contribution in [0, 0.1) is 0 Å². The van der Waals surface area contributed by atoms with Crippen molar-refractivity contribution in [3.63, 3.8) is 0 Å². The Morgan fingerprint density at radius 3 is 2.48 bits per heavy atom. The molecule has 1 aromatic heterocycles. The number of methoxy groups -OCH3 is 1. The smallest absolute Gasteiger partial charge is 0.267 e. The maximum atomic E-state index is 12.9. The minimum absolute atomic E-state index is 0.187. The van der Waals surface area contributed by atoms with Gasteiger partial charge in [0, 0.05) is 27.9 Å². The lowest BCUT2D eigenvalue weighted by molar-refractivity contribution is 0.103. The van der Waals surface area contributed by atoms with E-state index in [1.807, 2.05) is 42.5 Å². The summed E-state index contributed by atoms with van der Waals surface area (Å²) >= 11 is 7.88. The Morgan fingerprint density at radius 2 is 1.84 bits per heavy atom. The first-order valence-electron chi connectivity index (χ1n) is 10.7. The molecule has 0 aliphatic rings. The van der Waals surface area contributed by atoms with E-state index in [1.54, 1.807) is 7.11 Å². The van der Waals surface area contributed by atoms with Gasteiger partial charge in [-0.25, -0.2) is 0 Å². The van der Waals surface area contributed by atoms with Crippen LogP contribution >= 0.6 is 22.9 Å². The third-order valence-corrected chi connectivity index (χ3v) is 7.14. The number of anilines is 1. The Labute approximate surface area is 194 Å². The normalized spacial score (nSPS) is 11.6. The number of carbonyl (C=O) groups excluding carboxylic acids is 1. The van der Waals surface area contributed by atoms with Crippen molar-refractivity contribution in [2.45, 2.75) is 52.6 Å². The summed E-state index contributed by atoms with van der Waals surface area (Å²) in [5.41, 5.74) is 1.84. The maximum Gasteiger partial charge on any atom is 0.267 e. The van der Waals surface area contributed by atoms with E-state index in [9.17, 15) is 4.79 Å². The minimum atomic E-state index is -0.187. The zero-order chi connectivity index (χ0) is 22.5. The fraction of sp³-hybridized carbons (Fsp3) is 0.400. The lowest BCUT2D eigenvalue weighted by Gasteiger charge is -2.30. The predicted octanol–water partition coefficient (Wildman–Crippen LogP) is 6.87. The molecule has 166 valence electrons. The summed E-state index contributed by atoms with van der Waals surface area (Å²) in [5, 5.41) is 4.43. The molecule has 1 amide bonds. The van der Waals surface area contributed by atoms with Crippen molar-refractivity contribution in [3.05, 3.63) is 57.9 Å². The van der Waals surface area contributed by atoms with Gasteiger partial charge in [-0.2, -0.15) is 0 Å². The number of ether oxygens (including phenoxy) is 1. The molecule has 1 heterocycles. The number of hydrogen-bond acceptors (Lipinski definition) is 4. The molecule has 0 aliphatic heterocycles. The maximum absolute atomic E-state index is 12.9. The van der Waals surface area contributed by atoms with E-state index in [0.29, 0.717) is 22.0 Å². The van der Waals surface area contributed by atoms with Crippen molar-refractivity contribution >= 4 is 44.6 Å². The average molecular weight is 459 g/mol. The molecule has 1 N–H and O–H groups in total. The van der Waals surface area contributed by atoms with Crippen molar-refractivity contribution in [1.29, 1.82) is 0 Å². The molecule has 0 fully saturated rings. The molecule has 0 atom stereocenters. The number of fused-ring (bicyclic) bond motifs is 1. The van der Waals surface area contributed by atoms with Crippen LogP contribution in [0.4, 0.5) is 5.69 Å². The number of nitrogens with one attached hydrogen (secondary N) is 1. The number of rotatable bonds is 9. The number of hydrogen-bond donors (Lipinski definition) is 1. The monoisotopic (exact) mass is 458 g/mol. The van der Waals surface area contributed by atoms with Crippen molar-refractivity contribution < 1.29 is 9.53 Å². The van der Waals surface area contributed by atoms with Crippen LogP contribution in [-0.2, 0) is 6.42 Å². The van der Waals surface area contributed by atoms with Crippen molar-refractivity contribution in [3.8, 4) is 5.75 Å². The number of nitrogens with zero attached hydrogens (tertiary/aromatic N) is 1. The number of aryl methyl sites for hydroxylation is 1. The average Bonchev–Trinajstić information content (AvgIpc) is 3.08. The summed E-state index contributed by atoms with van der Waals surface area (Å²) in [7, 11) is 1.68. The number of amides is 1. The summed E-state index contributed by atoms with van der Waals surface area (Å²) in [5.74, 6) is 0.659. The molecule has 0 unspecified atom stereocenters. The molecule has 31 heavy (non-hydrogen) atoms. The summed E-state index contributed by atoms with van der Waals surface area (Å²) in [4.78, 5) is 15.9. The van der Waals surface area contributed by atoms with Gasteiger partial charge in [0.05, 0.1) is 12.1 Å². The lowest BCUT2D eigenvalue weighted by Crippen LogP contribution is -2.37. The van der Waals surface area contributed by atoms with Crippen LogP contribution in [0.1, 0.15) is 49.4 Å². The fourth-order valence-corrected chi connectivity index (χ4v) is 5.38. The Balaban J connectivity index is 1.73. The molecular weight excluding hydrogens is 428 g/mol. The Morgan fingerprint density at radius 1 is 1.13 bits per heavy atom. The molecule has 0 spiro atoms.